The molecule has 0 unspecified atom stereocenters. The molecule has 1 amide bonds. The number of carbonyl (C=O) groups is 2. The van der Waals surface area contributed by atoms with Crippen LogP contribution in [0.3, 0.4) is 0 Å². The number of para-hydroxylation sites is 1. The highest BCUT2D eigenvalue weighted by Gasteiger charge is 2.12. The number of esters is 1. The summed E-state index contributed by atoms with van der Waals surface area (Å²) in [5, 5.41) is 3.08. The first kappa shape index (κ1) is 20.8. The molecule has 0 bridgehead atoms. The Labute approximate surface area is 172 Å². The van der Waals surface area contributed by atoms with Gasteiger partial charge in [-0.3, -0.25) is 19.0 Å². The summed E-state index contributed by atoms with van der Waals surface area (Å²) in [5.41, 5.74) is 0.776. The Morgan fingerprint density at radius 1 is 1.10 bits per heavy atom. The molecular formula is C21H21N3O6. The number of amides is 1. The molecule has 0 aliphatic carbocycles. The Hall–Kier alpha value is -3.88. The SMILES string of the molecule is COc1ccc(NC(=O)COC(=O)CCn2cnc3ccccc3c2=O)c(OC)c1. The van der Waals surface area contributed by atoms with Gasteiger partial charge < -0.3 is 19.5 Å². The molecule has 0 aliphatic rings. The van der Waals surface area contributed by atoms with Crippen molar-refractivity contribution in [1.82, 2.24) is 9.55 Å². The minimum atomic E-state index is -0.605. The first-order valence-corrected chi connectivity index (χ1v) is 9.13. The quantitative estimate of drug-likeness (QED) is 0.565. The second-order valence-electron chi connectivity index (χ2n) is 6.29. The number of hydrogen-bond donors (Lipinski definition) is 1. The molecule has 0 radical (unpaired) electrons. The zero-order valence-electron chi connectivity index (χ0n) is 16.6. The summed E-state index contributed by atoms with van der Waals surface area (Å²) in [6.07, 6.45) is 1.32. The summed E-state index contributed by atoms with van der Waals surface area (Å²) in [7, 11) is 2.99. The van der Waals surface area contributed by atoms with Crippen molar-refractivity contribution in [3.8, 4) is 11.5 Å². The molecule has 0 atom stereocenters. The highest BCUT2D eigenvalue weighted by atomic mass is 16.5. The first-order chi connectivity index (χ1) is 14.5. The molecule has 1 N–H and O–H groups in total. The number of aryl methyl sites for hydroxylation is 1. The number of nitrogens with zero attached hydrogens (tertiary/aromatic N) is 2. The van der Waals surface area contributed by atoms with Crippen LogP contribution >= 0.6 is 0 Å². The van der Waals surface area contributed by atoms with E-state index < -0.39 is 18.5 Å². The normalized spacial score (nSPS) is 10.5. The first-order valence-electron chi connectivity index (χ1n) is 9.13. The lowest BCUT2D eigenvalue weighted by Crippen LogP contribution is -2.24. The molecular weight excluding hydrogens is 390 g/mol. The standard InChI is InChI=1S/C21H21N3O6/c1-28-14-7-8-17(18(11-14)29-2)23-19(25)12-30-20(26)9-10-24-13-22-16-6-4-3-5-15(16)21(24)27/h3-8,11,13H,9-10,12H2,1-2H3,(H,23,25). The third-order valence-electron chi connectivity index (χ3n) is 4.34. The van der Waals surface area contributed by atoms with Gasteiger partial charge in [0.05, 0.1) is 43.6 Å². The zero-order valence-corrected chi connectivity index (χ0v) is 16.6. The van der Waals surface area contributed by atoms with Crippen LogP contribution < -0.4 is 20.3 Å². The van der Waals surface area contributed by atoms with Crippen LogP contribution in [-0.2, 0) is 20.9 Å². The van der Waals surface area contributed by atoms with Gasteiger partial charge in [-0.25, -0.2) is 4.98 Å². The molecule has 0 saturated carbocycles. The fourth-order valence-electron chi connectivity index (χ4n) is 2.78. The van der Waals surface area contributed by atoms with E-state index in [4.69, 9.17) is 14.2 Å². The van der Waals surface area contributed by atoms with Crippen molar-refractivity contribution in [3.05, 3.63) is 59.1 Å². The smallest absolute Gasteiger partial charge is 0.308 e. The predicted molar refractivity (Wildman–Crippen MR) is 110 cm³/mol. The summed E-state index contributed by atoms with van der Waals surface area (Å²) in [5.74, 6) is -0.129. The summed E-state index contributed by atoms with van der Waals surface area (Å²) in [6, 6.07) is 11.9. The van der Waals surface area contributed by atoms with E-state index in [0.29, 0.717) is 28.1 Å². The van der Waals surface area contributed by atoms with Crippen molar-refractivity contribution in [2.45, 2.75) is 13.0 Å². The van der Waals surface area contributed by atoms with E-state index in [1.807, 2.05) is 0 Å². The second-order valence-corrected chi connectivity index (χ2v) is 6.29. The number of methoxy groups -OCH3 is 2. The molecule has 30 heavy (non-hydrogen) atoms. The molecule has 0 spiro atoms. The van der Waals surface area contributed by atoms with Crippen LogP contribution in [0.5, 0.6) is 11.5 Å². The largest absolute Gasteiger partial charge is 0.497 e. The Kier molecular flexibility index (Phi) is 6.63. The lowest BCUT2D eigenvalue weighted by atomic mass is 10.2. The average molecular weight is 411 g/mol. The van der Waals surface area contributed by atoms with E-state index in [2.05, 4.69) is 10.3 Å². The lowest BCUT2D eigenvalue weighted by molar-refractivity contribution is -0.147. The van der Waals surface area contributed by atoms with Crippen LogP contribution in [-0.4, -0.2) is 42.3 Å². The van der Waals surface area contributed by atoms with Crippen LogP contribution in [0.1, 0.15) is 6.42 Å². The maximum Gasteiger partial charge on any atom is 0.308 e. The number of anilines is 1. The number of nitrogens with one attached hydrogen (secondary N) is 1. The van der Waals surface area contributed by atoms with Crippen molar-refractivity contribution < 1.29 is 23.8 Å². The highest BCUT2D eigenvalue weighted by molar-refractivity contribution is 5.94. The van der Waals surface area contributed by atoms with Crippen molar-refractivity contribution in [3.63, 3.8) is 0 Å². The van der Waals surface area contributed by atoms with Crippen molar-refractivity contribution in [1.29, 1.82) is 0 Å². The van der Waals surface area contributed by atoms with Gasteiger partial charge in [0.2, 0.25) is 0 Å². The van der Waals surface area contributed by atoms with Gasteiger partial charge in [-0.1, -0.05) is 12.1 Å². The predicted octanol–water partition coefficient (Wildman–Crippen LogP) is 1.99. The number of benzene rings is 2. The number of fused-ring (bicyclic) bond motifs is 1. The van der Waals surface area contributed by atoms with E-state index in [0.717, 1.165) is 0 Å². The van der Waals surface area contributed by atoms with Crippen LogP contribution in [0.25, 0.3) is 10.9 Å². The molecule has 3 aromatic rings. The molecule has 156 valence electrons. The molecule has 9 heteroatoms. The summed E-state index contributed by atoms with van der Waals surface area (Å²) >= 11 is 0. The molecule has 1 aromatic heterocycles. The number of aromatic nitrogens is 2. The topological polar surface area (TPSA) is 109 Å². The van der Waals surface area contributed by atoms with Gasteiger partial charge in [0.1, 0.15) is 11.5 Å². The lowest BCUT2D eigenvalue weighted by Gasteiger charge is -2.12. The van der Waals surface area contributed by atoms with Crippen molar-refractivity contribution in [2.24, 2.45) is 0 Å². The molecule has 1 heterocycles. The van der Waals surface area contributed by atoms with Gasteiger partial charge in [0.25, 0.3) is 11.5 Å². The minimum Gasteiger partial charge on any atom is -0.497 e. The van der Waals surface area contributed by atoms with E-state index in [1.54, 1.807) is 42.5 Å². The molecule has 0 fully saturated rings. The molecule has 0 aliphatic heterocycles. The van der Waals surface area contributed by atoms with E-state index in [9.17, 15) is 14.4 Å². The van der Waals surface area contributed by atoms with Gasteiger partial charge in [0, 0.05) is 12.6 Å². The maximum atomic E-state index is 12.4. The average Bonchev–Trinajstić information content (AvgIpc) is 2.77. The summed E-state index contributed by atoms with van der Waals surface area (Å²) in [4.78, 5) is 40.6. The molecule has 9 nitrogen and oxygen atoms in total. The monoisotopic (exact) mass is 411 g/mol. The van der Waals surface area contributed by atoms with E-state index >= 15 is 0 Å². The molecule has 0 saturated heterocycles. The van der Waals surface area contributed by atoms with Crippen LogP contribution in [0.2, 0.25) is 0 Å². The minimum absolute atomic E-state index is 0.0704. The van der Waals surface area contributed by atoms with Crippen LogP contribution in [0.15, 0.2) is 53.6 Å². The Balaban J connectivity index is 1.52. The second kappa shape index (κ2) is 9.55. The fraction of sp³-hybridized carbons (Fsp3) is 0.238. The fourth-order valence-corrected chi connectivity index (χ4v) is 2.78. The third kappa shape index (κ3) is 4.93. The van der Waals surface area contributed by atoms with E-state index in [-0.39, 0.29) is 18.5 Å². The van der Waals surface area contributed by atoms with Gasteiger partial charge in [-0.2, -0.15) is 0 Å². The summed E-state index contributed by atoms with van der Waals surface area (Å²) < 4.78 is 16.6. The molecule has 2 aromatic carbocycles. The van der Waals surface area contributed by atoms with Gasteiger partial charge in [-0.15, -0.1) is 0 Å². The number of hydrogen-bond acceptors (Lipinski definition) is 7. The van der Waals surface area contributed by atoms with Crippen LogP contribution in [0, 0.1) is 0 Å². The summed E-state index contributed by atoms with van der Waals surface area (Å²) in [6.45, 7) is -0.359. The van der Waals surface area contributed by atoms with Gasteiger partial charge in [0.15, 0.2) is 6.61 Å². The number of rotatable bonds is 8. The van der Waals surface area contributed by atoms with Crippen molar-refractivity contribution in [2.75, 3.05) is 26.1 Å². The Bertz CT molecular complexity index is 1130. The maximum absolute atomic E-state index is 12.4. The number of carbonyl (C=O) groups excluding carboxylic acids is 2. The van der Waals surface area contributed by atoms with E-state index in [1.165, 1.54) is 25.1 Å². The zero-order chi connectivity index (χ0) is 21.5. The third-order valence-corrected chi connectivity index (χ3v) is 4.34. The van der Waals surface area contributed by atoms with Gasteiger partial charge >= 0.3 is 5.97 Å². The number of ether oxygens (including phenoxy) is 3. The van der Waals surface area contributed by atoms with Gasteiger partial charge in [-0.05, 0) is 24.3 Å². The van der Waals surface area contributed by atoms with Crippen LogP contribution in [0.4, 0.5) is 5.69 Å². The Morgan fingerprint density at radius 2 is 1.90 bits per heavy atom. The molecule has 3 rings (SSSR count). The highest BCUT2D eigenvalue weighted by Crippen LogP contribution is 2.28. The Morgan fingerprint density at radius 3 is 2.67 bits per heavy atom. The van der Waals surface area contributed by atoms with Crippen molar-refractivity contribution >= 4 is 28.5 Å².